The van der Waals surface area contributed by atoms with E-state index in [-0.39, 0.29) is 11.9 Å². The zero-order valence-corrected chi connectivity index (χ0v) is 11.6. The minimum absolute atomic E-state index is 0.000891. The van der Waals surface area contributed by atoms with Gasteiger partial charge < -0.3 is 4.90 Å². The molecule has 3 rings (SSSR count). The molecule has 1 atom stereocenters. The Hall–Kier alpha value is -2.56. The van der Waals surface area contributed by atoms with E-state index in [1.165, 1.54) is 6.08 Å². The maximum atomic E-state index is 11.9. The number of likely N-dealkylation sites (tertiary alicyclic amines) is 1. The van der Waals surface area contributed by atoms with Crippen molar-refractivity contribution in [2.45, 2.75) is 18.9 Å². The second-order valence-electron chi connectivity index (χ2n) is 4.91. The molecule has 1 aliphatic heterocycles. The SMILES string of the molecule is C=CC(=O)N1CCCC1c1ccnc(-c2ccccn2)n1. The van der Waals surface area contributed by atoms with E-state index < -0.39 is 0 Å². The van der Waals surface area contributed by atoms with E-state index in [4.69, 9.17) is 0 Å². The Balaban J connectivity index is 1.93. The van der Waals surface area contributed by atoms with Gasteiger partial charge in [-0.05, 0) is 37.1 Å². The van der Waals surface area contributed by atoms with Gasteiger partial charge in [0.25, 0.3) is 0 Å². The van der Waals surface area contributed by atoms with Crippen LogP contribution in [0.15, 0.2) is 49.3 Å². The molecule has 0 N–H and O–H groups in total. The van der Waals surface area contributed by atoms with Crippen molar-refractivity contribution in [3.63, 3.8) is 0 Å². The molecule has 21 heavy (non-hydrogen) atoms. The molecule has 3 heterocycles. The molecule has 1 unspecified atom stereocenters. The molecule has 0 saturated carbocycles. The lowest BCUT2D eigenvalue weighted by Crippen LogP contribution is -2.29. The molecule has 1 fully saturated rings. The van der Waals surface area contributed by atoms with E-state index in [0.717, 1.165) is 30.8 Å². The number of carbonyl (C=O) groups is 1. The number of aromatic nitrogens is 3. The lowest BCUT2D eigenvalue weighted by molar-refractivity contribution is -0.126. The maximum Gasteiger partial charge on any atom is 0.246 e. The smallest absolute Gasteiger partial charge is 0.246 e. The normalized spacial score (nSPS) is 17.7. The summed E-state index contributed by atoms with van der Waals surface area (Å²) in [5, 5.41) is 0. The number of hydrogen-bond acceptors (Lipinski definition) is 4. The Morgan fingerprint density at radius 3 is 2.95 bits per heavy atom. The van der Waals surface area contributed by atoms with Crippen LogP contribution in [-0.2, 0) is 4.79 Å². The average Bonchev–Trinajstić information content (AvgIpc) is 3.05. The third kappa shape index (κ3) is 2.67. The molecule has 2 aromatic rings. The van der Waals surface area contributed by atoms with Crippen molar-refractivity contribution >= 4 is 5.91 Å². The van der Waals surface area contributed by atoms with E-state index in [1.54, 1.807) is 12.4 Å². The summed E-state index contributed by atoms with van der Waals surface area (Å²) in [5.74, 6) is 0.543. The van der Waals surface area contributed by atoms with Crippen molar-refractivity contribution in [3.05, 3.63) is 55.0 Å². The summed E-state index contributed by atoms with van der Waals surface area (Å²) in [6.07, 6.45) is 6.69. The van der Waals surface area contributed by atoms with Gasteiger partial charge in [0.2, 0.25) is 5.91 Å². The standard InChI is InChI=1S/C16H16N4O/c1-2-15(21)20-11-5-7-14(20)12-8-10-18-16(19-12)13-6-3-4-9-17-13/h2-4,6,8-10,14H,1,5,7,11H2. The largest absolute Gasteiger partial charge is 0.331 e. The van der Waals surface area contributed by atoms with E-state index in [9.17, 15) is 4.79 Å². The summed E-state index contributed by atoms with van der Waals surface area (Å²) >= 11 is 0. The van der Waals surface area contributed by atoms with Crippen molar-refractivity contribution in [2.24, 2.45) is 0 Å². The van der Waals surface area contributed by atoms with E-state index >= 15 is 0 Å². The Bertz CT molecular complexity index is 656. The topological polar surface area (TPSA) is 59.0 Å². The van der Waals surface area contributed by atoms with Crippen molar-refractivity contribution in [1.29, 1.82) is 0 Å². The first-order valence-electron chi connectivity index (χ1n) is 6.97. The first-order chi connectivity index (χ1) is 10.3. The molecule has 1 amide bonds. The highest BCUT2D eigenvalue weighted by Gasteiger charge is 2.29. The summed E-state index contributed by atoms with van der Waals surface area (Å²) in [6, 6.07) is 7.50. The van der Waals surface area contributed by atoms with Gasteiger partial charge >= 0.3 is 0 Å². The molecule has 106 valence electrons. The number of nitrogens with zero attached hydrogens (tertiary/aromatic N) is 4. The van der Waals surface area contributed by atoms with Gasteiger partial charge in [-0.2, -0.15) is 0 Å². The predicted octanol–water partition coefficient (Wildman–Crippen LogP) is 2.39. The van der Waals surface area contributed by atoms with Crippen LogP contribution in [0.4, 0.5) is 0 Å². The van der Waals surface area contributed by atoms with Crippen LogP contribution in [0, 0.1) is 0 Å². The lowest BCUT2D eigenvalue weighted by atomic mass is 10.1. The first kappa shape index (κ1) is 13.4. The third-order valence-corrected chi connectivity index (χ3v) is 3.62. The second kappa shape index (κ2) is 5.83. The molecule has 0 aliphatic carbocycles. The minimum atomic E-state index is -0.0458. The van der Waals surface area contributed by atoms with Crippen LogP contribution in [0.5, 0.6) is 0 Å². The first-order valence-corrected chi connectivity index (χ1v) is 6.97. The van der Waals surface area contributed by atoms with Crippen LogP contribution < -0.4 is 0 Å². The average molecular weight is 280 g/mol. The Morgan fingerprint density at radius 1 is 1.29 bits per heavy atom. The van der Waals surface area contributed by atoms with Gasteiger partial charge in [0.05, 0.1) is 11.7 Å². The molecule has 0 bridgehead atoms. The molecule has 0 radical (unpaired) electrons. The Labute approximate surface area is 123 Å². The predicted molar refractivity (Wildman–Crippen MR) is 79.1 cm³/mol. The van der Waals surface area contributed by atoms with Gasteiger partial charge in [-0.3, -0.25) is 9.78 Å². The summed E-state index contributed by atoms with van der Waals surface area (Å²) in [4.78, 5) is 26.9. The van der Waals surface area contributed by atoms with Gasteiger partial charge in [0, 0.05) is 18.9 Å². The zero-order valence-electron chi connectivity index (χ0n) is 11.6. The van der Waals surface area contributed by atoms with Gasteiger partial charge in [0.15, 0.2) is 5.82 Å². The fourth-order valence-electron chi connectivity index (χ4n) is 2.63. The fraction of sp³-hybridized carbons (Fsp3) is 0.250. The molecular formula is C16H16N4O. The lowest BCUT2D eigenvalue weighted by Gasteiger charge is -2.23. The third-order valence-electron chi connectivity index (χ3n) is 3.62. The van der Waals surface area contributed by atoms with Crippen LogP contribution in [-0.4, -0.2) is 32.3 Å². The minimum Gasteiger partial charge on any atom is -0.331 e. The maximum absolute atomic E-state index is 11.9. The van der Waals surface area contributed by atoms with Crippen molar-refractivity contribution < 1.29 is 4.79 Å². The van der Waals surface area contributed by atoms with Crippen LogP contribution >= 0.6 is 0 Å². The Kier molecular flexibility index (Phi) is 3.73. The van der Waals surface area contributed by atoms with Crippen LogP contribution in [0.1, 0.15) is 24.6 Å². The quantitative estimate of drug-likeness (QED) is 0.810. The molecule has 1 saturated heterocycles. The molecule has 5 nitrogen and oxygen atoms in total. The highest BCUT2D eigenvalue weighted by atomic mass is 16.2. The van der Waals surface area contributed by atoms with Crippen molar-refractivity contribution in [2.75, 3.05) is 6.54 Å². The van der Waals surface area contributed by atoms with E-state index in [1.807, 2.05) is 29.2 Å². The van der Waals surface area contributed by atoms with Crippen LogP contribution in [0.2, 0.25) is 0 Å². The highest BCUT2D eigenvalue weighted by Crippen LogP contribution is 2.31. The van der Waals surface area contributed by atoms with Gasteiger partial charge in [-0.15, -0.1) is 0 Å². The van der Waals surface area contributed by atoms with Gasteiger partial charge in [0.1, 0.15) is 5.69 Å². The fourth-order valence-corrected chi connectivity index (χ4v) is 2.63. The van der Waals surface area contributed by atoms with Gasteiger partial charge in [-0.1, -0.05) is 12.6 Å². The van der Waals surface area contributed by atoms with E-state index in [2.05, 4.69) is 21.5 Å². The molecular weight excluding hydrogens is 264 g/mol. The van der Waals surface area contributed by atoms with Crippen LogP contribution in [0.25, 0.3) is 11.5 Å². The number of carbonyl (C=O) groups excluding carboxylic acids is 1. The molecule has 0 aromatic carbocycles. The van der Waals surface area contributed by atoms with Crippen molar-refractivity contribution in [3.8, 4) is 11.5 Å². The number of hydrogen-bond donors (Lipinski definition) is 0. The number of rotatable bonds is 3. The second-order valence-corrected chi connectivity index (χ2v) is 4.91. The van der Waals surface area contributed by atoms with E-state index in [0.29, 0.717) is 5.82 Å². The number of pyridine rings is 1. The number of amides is 1. The molecule has 1 aliphatic rings. The van der Waals surface area contributed by atoms with Crippen molar-refractivity contribution in [1.82, 2.24) is 19.9 Å². The summed E-state index contributed by atoms with van der Waals surface area (Å²) in [7, 11) is 0. The Morgan fingerprint density at radius 2 is 2.19 bits per heavy atom. The molecule has 0 spiro atoms. The summed E-state index contributed by atoms with van der Waals surface area (Å²) in [6.45, 7) is 4.31. The monoisotopic (exact) mass is 280 g/mol. The summed E-state index contributed by atoms with van der Waals surface area (Å²) in [5.41, 5.74) is 1.59. The summed E-state index contributed by atoms with van der Waals surface area (Å²) < 4.78 is 0. The van der Waals surface area contributed by atoms with Crippen LogP contribution in [0.3, 0.4) is 0 Å². The van der Waals surface area contributed by atoms with Gasteiger partial charge in [-0.25, -0.2) is 9.97 Å². The molecule has 2 aromatic heterocycles. The highest BCUT2D eigenvalue weighted by molar-refractivity contribution is 5.87. The zero-order chi connectivity index (χ0) is 14.7. The molecule has 5 heteroatoms.